The zero-order chi connectivity index (χ0) is 14.0. The van der Waals surface area contributed by atoms with Crippen molar-refractivity contribution in [3.8, 4) is 0 Å². The predicted octanol–water partition coefficient (Wildman–Crippen LogP) is 0.344. The number of carbonyl (C=O) groups excluding carboxylic acids is 1. The first-order valence-corrected chi connectivity index (χ1v) is 5.11. The average molecular weight is 256 g/mol. The minimum atomic E-state index is -1.33. The molecule has 0 aliphatic heterocycles. The largest absolute Gasteiger partial charge is 0.465 e. The van der Waals surface area contributed by atoms with Gasteiger partial charge in [-0.15, -0.1) is 0 Å². The fraction of sp³-hybridized carbons (Fsp3) is 0.364. The second-order valence-corrected chi connectivity index (χ2v) is 3.27. The highest BCUT2D eigenvalue weighted by molar-refractivity contribution is 5.65. The van der Waals surface area contributed by atoms with E-state index < -0.39 is 6.09 Å². The molecule has 1 atom stereocenters. The molecule has 0 aromatic carbocycles. The van der Waals surface area contributed by atoms with Crippen molar-refractivity contribution in [3.05, 3.63) is 30.1 Å². The highest BCUT2D eigenvalue weighted by Crippen LogP contribution is 2.12. The Bertz CT molecular complexity index is 365. The van der Waals surface area contributed by atoms with Crippen molar-refractivity contribution in [2.45, 2.75) is 12.8 Å². The topological polar surface area (TPSA) is 123 Å². The monoisotopic (exact) mass is 256 g/mol. The summed E-state index contributed by atoms with van der Waals surface area (Å²) in [6.45, 7) is 1.43. The molecule has 1 aromatic heterocycles. The van der Waals surface area contributed by atoms with E-state index in [1.165, 1.54) is 6.92 Å². The Morgan fingerprint density at radius 2 is 2.11 bits per heavy atom. The number of rotatable bonds is 4. The number of ether oxygens (including phenoxy) is 1. The number of aliphatic hydroxyl groups excluding tert-OH is 1. The summed E-state index contributed by atoms with van der Waals surface area (Å²) in [4.78, 5) is 23.4. The molecule has 0 bridgehead atoms. The number of primary amides is 1. The maximum atomic E-state index is 10.6. The van der Waals surface area contributed by atoms with Gasteiger partial charge in [0.15, 0.2) is 0 Å². The number of nitrogens with two attached hydrogens (primary N) is 1. The minimum absolute atomic E-state index is 0.0791. The van der Waals surface area contributed by atoms with Crippen LogP contribution in [0.25, 0.3) is 0 Å². The number of hydrogen-bond donors (Lipinski definition) is 3. The first-order chi connectivity index (χ1) is 8.47. The summed E-state index contributed by atoms with van der Waals surface area (Å²) in [6.07, 6.45) is 0.311. The van der Waals surface area contributed by atoms with Crippen LogP contribution in [0.5, 0.6) is 0 Å². The predicted molar refractivity (Wildman–Crippen MR) is 62.9 cm³/mol. The van der Waals surface area contributed by atoms with Crippen molar-refractivity contribution >= 4 is 12.1 Å². The van der Waals surface area contributed by atoms with Crippen LogP contribution in [0.4, 0.5) is 4.79 Å². The van der Waals surface area contributed by atoms with Gasteiger partial charge >= 0.3 is 12.1 Å². The van der Waals surface area contributed by atoms with Gasteiger partial charge in [0.25, 0.3) is 0 Å². The number of aromatic nitrogens is 1. The third kappa shape index (κ3) is 8.05. The van der Waals surface area contributed by atoms with Crippen molar-refractivity contribution in [3.63, 3.8) is 0 Å². The highest BCUT2D eigenvalue weighted by atomic mass is 16.5. The van der Waals surface area contributed by atoms with E-state index in [0.29, 0.717) is 0 Å². The summed E-state index contributed by atoms with van der Waals surface area (Å²) >= 11 is 0. The smallest absolute Gasteiger partial charge is 0.402 e. The molecule has 7 heteroatoms. The second kappa shape index (κ2) is 8.94. The third-order valence-electron chi connectivity index (χ3n) is 1.81. The average Bonchev–Trinajstić information content (AvgIpc) is 2.30. The molecule has 1 amide bonds. The van der Waals surface area contributed by atoms with Gasteiger partial charge < -0.3 is 20.7 Å². The summed E-state index contributed by atoms with van der Waals surface area (Å²) in [5, 5.41) is 16.3. The number of hydrogen-bond acceptors (Lipinski definition) is 5. The number of carboxylic acid groups (broad SMARTS) is 1. The maximum absolute atomic E-state index is 10.6. The number of aliphatic hydroxyl groups is 1. The molecule has 1 unspecified atom stereocenters. The van der Waals surface area contributed by atoms with Gasteiger partial charge in [0, 0.05) is 18.8 Å². The molecular weight excluding hydrogens is 240 g/mol. The molecule has 100 valence electrons. The first-order valence-electron chi connectivity index (χ1n) is 5.11. The molecule has 0 fully saturated rings. The molecule has 0 saturated carbocycles. The van der Waals surface area contributed by atoms with E-state index in [0.717, 1.165) is 5.69 Å². The van der Waals surface area contributed by atoms with E-state index in [-0.39, 0.29) is 25.1 Å². The molecule has 4 N–H and O–H groups in total. The molecule has 7 nitrogen and oxygen atoms in total. The number of carbonyl (C=O) groups is 2. The quantitative estimate of drug-likeness (QED) is 0.668. The van der Waals surface area contributed by atoms with Crippen LogP contribution >= 0.6 is 0 Å². The second-order valence-electron chi connectivity index (χ2n) is 3.27. The van der Waals surface area contributed by atoms with Gasteiger partial charge in [0.05, 0.1) is 12.5 Å². The van der Waals surface area contributed by atoms with Crippen LogP contribution in [0.2, 0.25) is 0 Å². The molecular formula is C11H16N2O5. The van der Waals surface area contributed by atoms with Gasteiger partial charge in [-0.05, 0) is 12.1 Å². The van der Waals surface area contributed by atoms with Crippen molar-refractivity contribution in [2.24, 2.45) is 5.73 Å². The Labute approximate surface area is 104 Å². The van der Waals surface area contributed by atoms with Crippen molar-refractivity contribution < 1.29 is 24.5 Å². The lowest BCUT2D eigenvalue weighted by molar-refractivity contribution is -0.141. The zero-order valence-corrected chi connectivity index (χ0v) is 9.94. The fourth-order valence-electron chi connectivity index (χ4n) is 1.07. The summed E-state index contributed by atoms with van der Waals surface area (Å²) in [7, 11) is 0. The lowest BCUT2D eigenvalue weighted by Crippen LogP contribution is -2.15. The SMILES string of the molecule is CC(=O)OCC(CO)c1ccccn1.NC(=O)O. The van der Waals surface area contributed by atoms with Crippen molar-refractivity contribution in [1.82, 2.24) is 4.98 Å². The van der Waals surface area contributed by atoms with Crippen LogP contribution < -0.4 is 5.73 Å². The molecule has 18 heavy (non-hydrogen) atoms. The lowest BCUT2D eigenvalue weighted by atomic mass is 10.1. The van der Waals surface area contributed by atoms with E-state index in [4.69, 9.17) is 19.7 Å². The highest BCUT2D eigenvalue weighted by Gasteiger charge is 2.12. The zero-order valence-electron chi connectivity index (χ0n) is 9.94. The lowest BCUT2D eigenvalue weighted by Gasteiger charge is -2.12. The summed E-state index contributed by atoms with van der Waals surface area (Å²) < 4.78 is 4.81. The van der Waals surface area contributed by atoms with Crippen LogP contribution in [0, 0.1) is 0 Å². The first kappa shape index (κ1) is 15.9. The summed E-state index contributed by atoms with van der Waals surface area (Å²) in [5.74, 6) is -0.584. The Morgan fingerprint density at radius 1 is 1.50 bits per heavy atom. The van der Waals surface area contributed by atoms with Gasteiger partial charge in [-0.25, -0.2) is 4.79 Å². The molecule has 0 aliphatic rings. The summed E-state index contributed by atoms with van der Waals surface area (Å²) in [6, 6.07) is 5.42. The standard InChI is InChI=1S/C10H13NO3.CH3NO2/c1-8(13)14-7-9(6-12)10-4-2-3-5-11-10;2-1(3)4/h2-5,9,12H,6-7H2,1H3;2H2,(H,3,4). The molecule has 0 spiro atoms. The maximum Gasteiger partial charge on any atom is 0.402 e. The van der Waals surface area contributed by atoms with Crippen molar-refractivity contribution in [1.29, 1.82) is 0 Å². The molecule has 1 heterocycles. The van der Waals surface area contributed by atoms with Crippen LogP contribution in [-0.4, -0.2) is 40.5 Å². The van der Waals surface area contributed by atoms with Crippen LogP contribution in [-0.2, 0) is 9.53 Å². The van der Waals surface area contributed by atoms with E-state index in [1.54, 1.807) is 18.3 Å². The van der Waals surface area contributed by atoms with Gasteiger partial charge in [-0.1, -0.05) is 6.07 Å². The van der Waals surface area contributed by atoms with E-state index >= 15 is 0 Å². The molecule has 0 saturated heterocycles. The normalized spacial score (nSPS) is 10.8. The van der Waals surface area contributed by atoms with Crippen LogP contribution in [0.15, 0.2) is 24.4 Å². The Balaban J connectivity index is 0.000000631. The Kier molecular flexibility index (Phi) is 7.87. The third-order valence-corrected chi connectivity index (χ3v) is 1.81. The van der Waals surface area contributed by atoms with Crippen LogP contribution in [0.3, 0.4) is 0 Å². The number of nitrogens with zero attached hydrogens (tertiary/aromatic N) is 1. The Morgan fingerprint density at radius 3 is 2.50 bits per heavy atom. The number of amides is 1. The van der Waals surface area contributed by atoms with E-state index in [2.05, 4.69) is 10.7 Å². The molecule has 1 aromatic rings. The van der Waals surface area contributed by atoms with E-state index in [9.17, 15) is 4.79 Å². The van der Waals surface area contributed by atoms with Gasteiger partial charge in [-0.2, -0.15) is 0 Å². The van der Waals surface area contributed by atoms with Gasteiger partial charge in [-0.3, -0.25) is 9.78 Å². The van der Waals surface area contributed by atoms with Gasteiger partial charge in [0.2, 0.25) is 0 Å². The van der Waals surface area contributed by atoms with Crippen molar-refractivity contribution in [2.75, 3.05) is 13.2 Å². The van der Waals surface area contributed by atoms with Gasteiger partial charge in [0.1, 0.15) is 6.61 Å². The number of esters is 1. The Hall–Kier alpha value is -2.15. The molecule has 0 aliphatic carbocycles. The van der Waals surface area contributed by atoms with E-state index in [1.807, 2.05) is 6.07 Å². The summed E-state index contributed by atoms with van der Waals surface area (Å²) in [5.41, 5.74) is 4.76. The fourth-order valence-corrected chi connectivity index (χ4v) is 1.07. The number of pyridine rings is 1. The molecule has 1 rings (SSSR count). The minimum Gasteiger partial charge on any atom is -0.465 e. The van der Waals surface area contributed by atoms with Crippen LogP contribution in [0.1, 0.15) is 18.5 Å². The molecule has 0 radical (unpaired) electrons.